The first-order valence-corrected chi connectivity index (χ1v) is 4.61. The lowest BCUT2D eigenvalue weighted by Gasteiger charge is -2.07. The summed E-state index contributed by atoms with van der Waals surface area (Å²) < 4.78 is 0. The fourth-order valence-electron chi connectivity index (χ4n) is 1.25. The van der Waals surface area contributed by atoms with Gasteiger partial charge in [0, 0.05) is 19.0 Å². The number of hydrogen-bond acceptors (Lipinski definition) is 3. The third-order valence-electron chi connectivity index (χ3n) is 1.99. The van der Waals surface area contributed by atoms with Crippen molar-refractivity contribution in [3.05, 3.63) is 35.4 Å². The molecule has 4 nitrogen and oxygen atoms in total. The molecule has 0 fully saturated rings. The van der Waals surface area contributed by atoms with Crippen LogP contribution >= 0.6 is 0 Å². The van der Waals surface area contributed by atoms with E-state index in [2.05, 4.69) is 5.32 Å². The molecule has 1 rings (SSSR count). The van der Waals surface area contributed by atoms with Crippen LogP contribution in [0.3, 0.4) is 0 Å². The van der Waals surface area contributed by atoms with Gasteiger partial charge in [0.25, 0.3) is 0 Å². The smallest absolute Gasteiger partial charge is 0.217 e. The van der Waals surface area contributed by atoms with Gasteiger partial charge in [0.05, 0.1) is 0 Å². The molecular weight excluding hydrogens is 194 g/mol. The quantitative estimate of drug-likeness (QED) is 0.706. The van der Waals surface area contributed by atoms with Crippen molar-refractivity contribution in [2.24, 2.45) is 0 Å². The zero-order chi connectivity index (χ0) is 11.3. The third-order valence-corrected chi connectivity index (χ3v) is 1.99. The Morgan fingerprint density at radius 1 is 1.33 bits per heavy atom. The normalized spacial score (nSPS) is 9.73. The SMILES string of the molecule is CC(=O)NCc1ccccc1C(=O)CO. The first-order valence-electron chi connectivity index (χ1n) is 4.61. The van der Waals surface area contributed by atoms with Gasteiger partial charge in [-0.2, -0.15) is 0 Å². The molecule has 1 aromatic carbocycles. The second-order valence-corrected chi connectivity index (χ2v) is 3.15. The molecule has 0 saturated heterocycles. The molecule has 1 amide bonds. The number of carbonyl (C=O) groups excluding carboxylic acids is 2. The van der Waals surface area contributed by atoms with Crippen LogP contribution < -0.4 is 5.32 Å². The molecular formula is C11H13NO3. The van der Waals surface area contributed by atoms with Gasteiger partial charge in [0.2, 0.25) is 5.91 Å². The number of rotatable bonds is 4. The summed E-state index contributed by atoms with van der Waals surface area (Å²) in [6.45, 7) is 1.20. The Balaban J connectivity index is 2.86. The van der Waals surface area contributed by atoms with Crippen molar-refractivity contribution < 1.29 is 14.7 Å². The molecule has 0 aliphatic rings. The molecule has 2 N–H and O–H groups in total. The number of amides is 1. The average Bonchev–Trinajstić information content (AvgIpc) is 2.25. The summed E-state index contributed by atoms with van der Waals surface area (Å²) in [5.74, 6) is -0.489. The van der Waals surface area contributed by atoms with Crippen LogP contribution in [0.5, 0.6) is 0 Å². The van der Waals surface area contributed by atoms with Gasteiger partial charge in [-0.3, -0.25) is 9.59 Å². The number of carbonyl (C=O) groups is 2. The van der Waals surface area contributed by atoms with Gasteiger partial charge in [-0.15, -0.1) is 0 Å². The summed E-state index contributed by atoms with van der Waals surface area (Å²) in [5, 5.41) is 11.4. The van der Waals surface area contributed by atoms with Gasteiger partial charge in [0.15, 0.2) is 5.78 Å². The lowest BCUT2D eigenvalue weighted by molar-refractivity contribution is -0.119. The lowest BCUT2D eigenvalue weighted by atomic mass is 10.0. The molecule has 15 heavy (non-hydrogen) atoms. The fourth-order valence-corrected chi connectivity index (χ4v) is 1.25. The highest BCUT2D eigenvalue weighted by Crippen LogP contribution is 2.09. The first-order chi connectivity index (χ1) is 7.15. The second kappa shape index (κ2) is 5.26. The van der Waals surface area contributed by atoms with E-state index in [9.17, 15) is 9.59 Å². The van der Waals surface area contributed by atoms with Crippen molar-refractivity contribution in [3.63, 3.8) is 0 Å². The van der Waals surface area contributed by atoms with Crippen molar-refractivity contribution in [1.82, 2.24) is 5.32 Å². The highest BCUT2D eigenvalue weighted by Gasteiger charge is 2.09. The second-order valence-electron chi connectivity index (χ2n) is 3.15. The van der Waals surface area contributed by atoms with E-state index in [0.717, 1.165) is 0 Å². The zero-order valence-electron chi connectivity index (χ0n) is 8.49. The van der Waals surface area contributed by atoms with Crippen LogP contribution in [0, 0.1) is 0 Å². The molecule has 1 aromatic rings. The molecule has 0 heterocycles. The Labute approximate surface area is 87.9 Å². The number of aliphatic hydroxyl groups excluding tert-OH is 1. The van der Waals surface area contributed by atoms with Crippen molar-refractivity contribution in [2.75, 3.05) is 6.61 Å². The van der Waals surface area contributed by atoms with Crippen LogP contribution in [-0.4, -0.2) is 23.4 Å². The number of benzene rings is 1. The minimum Gasteiger partial charge on any atom is -0.388 e. The summed E-state index contributed by atoms with van der Waals surface area (Å²) in [7, 11) is 0. The molecule has 80 valence electrons. The number of aliphatic hydroxyl groups is 1. The maximum atomic E-state index is 11.3. The number of ketones is 1. The van der Waals surface area contributed by atoms with Crippen LogP contribution in [0.15, 0.2) is 24.3 Å². The number of nitrogens with one attached hydrogen (secondary N) is 1. The van der Waals surface area contributed by atoms with E-state index in [1.807, 2.05) is 0 Å². The van der Waals surface area contributed by atoms with Gasteiger partial charge in [-0.1, -0.05) is 24.3 Å². The molecule has 0 aliphatic carbocycles. The maximum Gasteiger partial charge on any atom is 0.217 e. The van der Waals surface area contributed by atoms with Gasteiger partial charge < -0.3 is 10.4 Å². The van der Waals surface area contributed by atoms with Gasteiger partial charge in [-0.25, -0.2) is 0 Å². The predicted molar refractivity (Wildman–Crippen MR) is 55.4 cm³/mol. The molecule has 0 saturated carbocycles. The monoisotopic (exact) mass is 207 g/mol. The molecule has 0 atom stereocenters. The van der Waals surface area contributed by atoms with E-state index < -0.39 is 6.61 Å². The molecule has 0 spiro atoms. The van der Waals surface area contributed by atoms with E-state index in [1.165, 1.54) is 6.92 Å². The number of hydrogen-bond donors (Lipinski definition) is 2. The van der Waals surface area contributed by atoms with Crippen molar-refractivity contribution in [1.29, 1.82) is 0 Å². The Morgan fingerprint density at radius 3 is 2.60 bits per heavy atom. The zero-order valence-corrected chi connectivity index (χ0v) is 8.49. The summed E-state index contributed by atoms with van der Waals surface area (Å²) in [5.41, 5.74) is 1.17. The van der Waals surface area contributed by atoms with E-state index in [1.54, 1.807) is 24.3 Å². The standard InChI is InChI=1S/C11H13NO3/c1-8(14)12-6-9-4-2-3-5-10(9)11(15)7-13/h2-5,13H,6-7H2,1H3,(H,12,14). The van der Waals surface area contributed by atoms with Crippen LogP contribution in [0.4, 0.5) is 0 Å². The van der Waals surface area contributed by atoms with E-state index in [-0.39, 0.29) is 11.7 Å². The molecule has 0 bridgehead atoms. The predicted octanol–water partition coefficient (Wildman–Crippen LogP) is 0.498. The van der Waals surface area contributed by atoms with Gasteiger partial charge >= 0.3 is 0 Å². The summed E-state index contributed by atoms with van der Waals surface area (Å²) >= 11 is 0. The summed E-state index contributed by atoms with van der Waals surface area (Å²) in [4.78, 5) is 22.0. The minimum atomic E-state index is -0.517. The van der Waals surface area contributed by atoms with E-state index in [0.29, 0.717) is 17.7 Å². The average molecular weight is 207 g/mol. The molecule has 0 aliphatic heterocycles. The topological polar surface area (TPSA) is 66.4 Å². The Hall–Kier alpha value is -1.68. The van der Waals surface area contributed by atoms with Crippen LogP contribution in [0.2, 0.25) is 0 Å². The fraction of sp³-hybridized carbons (Fsp3) is 0.273. The Bertz CT molecular complexity index is 374. The number of Topliss-reactive ketones (excluding diaryl/α,β-unsaturated/α-hetero) is 1. The van der Waals surface area contributed by atoms with E-state index >= 15 is 0 Å². The highest BCUT2D eigenvalue weighted by atomic mass is 16.3. The van der Waals surface area contributed by atoms with Crippen LogP contribution in [0.25, 0.3) is 0 Å². The summed E-state index contributed by atoms with van der Waals surface area (Å²) in [6, 6.07) is 6.89. The molecule has 0 radical (unpaired) electrons. The molecule has 0 unspecified atom stereocenters. The lowest BCUT2D eigenvalue weighted by Crippen LogP contribution is -2.21. The van der Waals surface area contributed by atoms with Crippen molar-refractivity contribution in [2.45, 2.75) is 13.5 Å². The first kappa shape index (κ1) is 11.4. The Kier molecular flexibility index (Phi) is 4.00. The van der Waals surface area contributed by atoms with Crippen molar-refractivity contribution in [3.8, 4) is 0 Å². The summed E-state index contributed by atoms with van der Waals surface area (Å²) in [6.07, 6.45) is 0. The highest BCUT2D eigenvalue weighted by molar-refractivity contribution is 5.98. The maximum absolute atomic E-state index is 11.3. The molecule has 0 aromatic heterocycles. The molecule has 4 heteroatoms. The van der Waals surface area contributed by atoms with Gasteiger partial charge in [0.1, 0.15) is 6.61 Å². The minimum absolute atomic E-state index is 0.152. The van der Waals surface area contributed by atoms with Crippen LogP contribution in [0.1, 0.15) is 22.8 Å². The Morgan fingerprint density at radius 2 is 2.00 bits per heavy atom. The third kappa shape index (κ3) is 3.18. The largest absolute Gasteiger partial charge is 0.388 e. The van der Waals surface area contributed by atoms with Gasteiger partial charge in [-0.05, 0) is 5.56 Å². The van der Waals surface area contributed by atoms with Crippen LogP contribution in [-0.2, 0) is 11.3 Å². The van der Waals surface area contributed by atoms with E-state index in [4.69, 9.17) is 5.11 Å². The van der Waals surface area contributed by atoms with Crippen molar-refractivity contribution >= 4 is 11.7 Å².